The average molecular weight is 346 g/mol. The van der Waals surface area contributed by atoms with Crippen LogP contribution in [0.5, 0.6) is 0 Å². The molecular weight excluding hydrogens is 306 g/mol. The maximum atomic E-state index is 9.80. The zero-order valence-corrected chi connectivity index (χ0v) is 15.5. The molecule has 0 radical (unpaired) electrons. The largest absolute Gasteiger partial charge is 0.388 e. The number of hydrogen-bond donors (Lipinski definition) is 4. The molecule has 1 aliphatic heterocycles. The fraction of sp³-hybridized carbons (Fsp3) is 1.00. The maximum absolute atomic E-state index is 9.80. The van der Waals surface area contributed by atoms with E-state index in [2.05, 4.69) is 12.2 Å². The van der Waals surface area contributed by atoms with Crippen molar-refractivity contribution in [2.75, 3.05) is 13.2 Å². The Morgan fingerprint density at radius 3 is 1.79 bits per heavy atom. The summed E-state index contributed by atoms with van der Waals surface area (Å²) in [6, 6.07) is 0. The molecule has 0 aromatic heterocycles. The first-order valence-corrected chi connectivity index (χ1v) is 10.1. The van der Waals surface area contributed by atoms with Crippen LogP contribution in [0, 0.1) is 0 Å². The van der Waals surface area contributed by atoms with E-state index < -0.39 is 24.5 Å². The van der Waals surface area contributed by atoms with E-state index in [9.17, 15) is 15.3 Å². The highest BCUT2D eigenvalue weighted by Gasteiger charge is 2.36. The van der Waals surface area contributed by atoms with E-state index in [-0.39, 0.29) is 6.61 Å². The Labute approximate surface area is 147 Å². The van der Waals surface area contributed by atoms with E-state index in [4.69, 9.17) is 4.74 Å². The maximum Gasteiger partial charge on any atom is 0.137 e. The third kappa shape index (κ3) is 9.33. The minimum atomic E-state index is -1.13. The number of rotatable bonds is 14. The molecule has 1 aliphatic rings. The van der Waals surface area contributed by atoms with Gasteiger partial charge in [-0.2, -0.15) is 0 Å². The lowest BCUT2D eigenvalue weighted by atomic mass is 10.0. The molecule has 1 unspecified atom stereocenters. The van der Waals surface area contributed by atoms with Crippen LogP contribution >= 0.6 is 0 Å². The third-order valence-corrected chi connectivity index (χ3v) is 4.88. The molecule has 4 N–H and O–H groups in total. The lowest BCUT2D eigenvalue weighted by Crippen LogP contribution is -2.57. The summed E-state index contributed by atoms with van der Waals surface area (Å²) >= 11 is 0. The monoisotopic (exact) mass is 345 g/mol. The van der Waals surface area contributed by atoms with Gasteiger partial charge in [-0.1, -0.05) is 77.6 Å². The summed E-state index contributed by atoms with van der Waals surface area (Å²) in [5.41, 5.74) is 0. The fourth-order valence-electron chi connectivity index (χ4n) is 3.20. The van der Waals surface area contributed by atoms with Crippen LogP contribution in [0.1, 0.15) is 84.0 Å². The Morgan fingerprint density at radius 1 is 0.750 bits per heavy atom. The molecule has 0 aliphatic carbocycles. The third-order valence-electron chi connectivity index (χ3n) is 4.88. The molecule has 1 saturated heterocycles. The van der Waals surface area contributed by atoms with Crippen LogP contribution in [-0.2, 0) is 4.74 Å². The lowest BCUT2D eigenvalue weighted by Gasteiger charge is -2.35. The van der Waals surface area contributed by atoms with Crippen molar-refractivity contribution in [3.05, 3.63) is 0 Å². The summed E-state index contributed by atoms with van der Waals surface area (Å²) in [6.45, 7) is 3.09. The van der Waals surface area contributed by atoms with Crippen LogP contribution in [0.2, 0.25) is 0 Å². The standard InChI is InChI=1S/C19H39NO4/c1-2-3-4-5-6-7-8-9-10-11-12-13-14-20-19-18(23)17(22)16(21)15-24-19/h16-23H,2-15H2,1H3/t16-,17+,18-,19?/m1/s1. The van der Waals surface area contributed by atoms with E-state index in [1.807, 2.05) is 0 Å². The van der Waals surface area contributed by atoms with Gasteiger partial charge in [0.1, 0.15) is 24.5 Å². The first kappa shape index (κ1) is 21.8. The fourth-order valence-corrected chi connectivity index (χ4v) is 3.20. The normalized spacial score (nSPS) is 27.5. The highest BCUT2D eigenvalue weighted by molar-refractivity contribution is 4.85. The van der Waals surface area contributed by atoms with Crippen molar-refractivity contribution in [1.29, 1.82) is 0 Å². The van der Waals surface area contributed by atoms with Gasteiger partial charge in [0, 0.05) is 0 Å². The molecule has 5 heteroatoms. The smallest absolute Gasteiger partial charge is 0.137 e. The van der Waals surface area contributed by atoms with Crippen molar-refractivity contribution in [1.82, 2.24) is 5.32 Å². The van der Waals surface area contributed by atoms with Crippen molar-refractivity contribution >= 4 is 0 Å². The Balaban J connectivity index is 1.84. The number of aliphatic hydroxyl groups excluding tert-OH is 3. The summed E-state index contributed by atoms with van der Waals surface area (Å²) < 4.78 is 5.31. The molecule has 144 valence electrons. The highest BCUT2D eigenvalue weighted by Crippen LogP contribution is 2.14. The Morgan fingerprint density at radius 2 is 1.25 bits per heavy atom. The van der Waals surface area contributed by atoms with Crippen LogP contribution in [0.25, 0.3) is 0 Å². The molecule has 0 aromatic rings. The molecule has 0 amide bonds. The van der Waals surface area contributed by atoms with Gasteiger partial charge in [-0.25, -0.2) is 0 Å². The van der Waals surface area contributed by atoms with E-state index >= 15 is 0 Å². The Hall–Kier alpha value is -0.200. The van der Waals surface area contributed by atoms with E-state index in [0.29, 0.717) is 0 Å². The number of ether oxygens (including phenoxy) is 1. The van der Waals surface area contributed by atoms with Gasteiger partial charge < -0.3 is 20.1 Å². The van der Waals surface area contributed by atoms with Gasteiger partial charge in [-0.3, -0.25) is 5.32 Å². The molecule has 0 bridgehead atoms. The molecule has 0 saturated carbocycles. The van der Waals surface area contributed by atoms with Crippen molar-refractivity contribution in [3.63, 3.8) is 0 Å². The molecule has 24 heavy (non-hydrogen) atoms. The quantitative estimate of drug-likeness (QED) is 0.364. The van der Waals surface area contributed by atoms with E-state index in [1.165, 1.54) is 70.6 Å². The number of unbranched alkanes of at least 4 members (excludes halogenated alkanes) is 11. The van der Waals surface area contributed by atoms with Crippen LogP contribution in [0.3, 0.4) is 0 Å². The van der Waals surface area contributed by atoms with E-state index in [1.54, 1.807) is 0 Å². The van der Waals surface area contributed by atoms with Crippen molar-refractivity contribution in [2.24, 2.45) is 0 Å². The van der Waals surface area contributed by atoms with Gasteiger partial charge in [0.2, 0.25) is 0 Å². The van der Waals surface area contributed by atoms with Crippen molar-refractivity contribution in [3.8, 4) is 0 Å². The molecule has 0 aromatic carbocycles. The average Bonchev–Trinajstić information content (AvgIpc) is 2.58. The van der Waals surface area contributed by atoms with Gasteiger partial charge in [0.15, 0.2) is 0 Å². The molecular formula is C19H39NO4. The second-order valence-corrected chi connectivity index (χ2v) is 7.15. The number of hydrogen-bond acceptors (Lipinski definition) is 5. The van der Waals surface area contributed by atoms with Gasteiger partial charge in [-0.15, -0.1) is 0 Å². The molecule has 0 spiro atoms. The zero-order chi connectivity index (χ0) is 17.6. The number of aliphatic hydroxyl groups is 3. The van der Waals surface area contributed by atoms with Crippen LogP contribution in [0.15, 0.2) is 0 Å². The van der Waals surface area contributed by atoms with Gasteiger partial charge in [0.05, 0.1) is 6.61 Å². The predicted octanol–water partition coefficient (Wildman–Crippen LogP) is 2.72. The van der Waals surface area contributed by atoms with E-state index in [0.717, 1.165) is 13.0 Å². The highest BCUT2D eigenvalue weighted by atomic mass is 16.5. The topological polar surface area (TPSA) is 82.0 Å². The van der Waals surface area contributed by atoms with Crippen LogP contribution in [-0.4, -0.2) is 53.0 Å². The summed E-state index contributed by atoms with van der Waals surface area (Å²) in [4.78, 5) is 0. The minimum Gasteiger partial charge on any atom is -0.388 e. The second-order valence-electron chi connectivity index (χ2n) is 7.15. The molecule has 5 nitrogen and oxygen atoms in total. The van der Waals surface area contributed by atoms with Gasteiger partial charge >= 0.3 is 0 Å². The van der Waals surface area contributed by atoms with Gasteiger partial charge in [-0.05, 0) is 13.0 Å². The zero-order valence-electron chi connectivity index (χ0n) is 15.5. The lowest BCUT2D eigenvalue weighted by molar-refractivity contribution is -0.195. The SMILES string of the molecule is CCCCCCCCCCCCCCNC1OC[C@@H](O)[C@H](O)[C@H]1O. The molecule has 4 atom stereocenters. The minimum absolute atomic E-state index is 0.0638. The number of nitrogens with one attached hydrogen (secondary N) is 1. The van der Waals surface area contributed by atoms with Crippen molar-refractivity contribution < 1.29 is 20.1 Å². The summed E-state index contributed by atoms with van der Waals surface area (Å²) in [5, 5.41) is 31.9. The first-order valence-electron chi connectivity index (χ1n) is 10.1. The van der Waals surface area contributed by atoms with Crippen LogP contribution in [0.4, 0.5) is 0 Å². The molecule has 1 heterocycles. The Bertz CT molecular complexity index is 291. The van der Waals surface area contributed by atoms with Crippen molar-refractivity contribution in [2.45, 2.75) is 109 Å². The molecule has 1 fully saturated rings. The van der Waals surface area contributed by atoms with Gasteiger partial charge in [0.25, 0.3) is 0 Å². The second kappa shape index (κ2) is 14.0. The summed E-state index contributed by atoms with van der Waals surface area (Å²) in [5.74, 6) is 0. The molecule has 1 rings (SSSR count). The van der Waals surface area contributed by atoms with Crippen LogP contribution < -0.4 is 5.32 Å². The Kier molecular flexibility index (Phi) is 12.8. The summed E-state index contributed by atoms with van der Waals surface area (Å²) in [7, 11) is 0. The predicted molar refractivity (Wildman–Crippen MR) is 96.8 cm³/mol. The summed E-state index contributed by atoms with van der Waals surface area (Å²) in [6.07, 6.45) is 12.0. The first-order chi connectivity index (χ1) is 11.7.